The molecule has 2 atom stereocenters. The Labute approximate surface area is 202 Å². The van der Waals surface area contributed by atoms with Crippen molar-refractivity contribution in [2.45, 2.75) is 65.1 Å². The minimum Gasteiger partial charge on any atom is -0.497 e. The quantitative estimate of drug-likeness (QED) is 0.403. The summed E-state index contributed by atoms with van der Waals surface area (Å²) in [5.74, 6) is 1.29. The van der Waals surface area contributed by atoms with Crippen LogP contribution in [-0.2, 0) is 16.1 Å². The number of halogens is 1. The lowest BCUT2D eigenvalue weighted by atomic mass is 10.1. The van der Waals surface area contributed by atoms with Crippen molar-refractivity contribution < 1.29 is 19.1 Å². The molecule has 0 aliphatic rings. The van der Waals surface area contributed by atoms with Crippen molar-refractivity contribution in [3.05, 3.63) is 59.1 Å². The molecule has 2 amide bonds. The predicted molar refractivity (Wildman–Crippen MR) is 132 cm³/mol. The third-order valence-electron chi connectivity index (χ3n) is 5.52. The summed E-state index contributed by atoms with van der Waals surface area (Å²) in [4.78, 5) is 27.8. The molecule has 0 saturated heterocycles. The third kappa shape index (κ3) is 8.61. The lowest BCUT2D eigenvalue weighted by Crippen LogP contribution is -2.50. The molecule has 0 unspecified atom stereocenters. The average molecular weight is 475 g/mol. The monoisotopic (exact) mass is 474 g/mol. The zero-order chi connectivity index (χ0) is 24.2. The molecule has 0 fully saturated rings. The number of nitrogens with one attached hydrogen (secondary N) is 1. The van der Waals surface area contributed by atoms with Crippen LogP contribution in [0.5, 0.6) is 11.5 Å². The summed E-state index contributed by atoms with van der Waals surface area (Å²) in [7, 11) is 1.62. The molecule has 0 aliphatic carbocycles. The first-order chi connectivity index (χ1) is 15.9. The molecule has 6 nitrogen and oxygen atoms in total. The van der Waals surface area contributed by atoms with Crippen LogP contribution in [-0.4, -0.2) is 42.5 Å². The maximum atomic E-state index is 13.2. The number of carbonyl (C=O) groups excluding carboxylic acids is 2. The van der Waals surface area contributed by atoms with Gasteiger partial charge < -0.3 is 19.7 Å². The van der Waals surface area contributed by atoms with E-state index < -0.39 is 6.04 Å². The van der Waals surface area contributed by atoms with Gasteiger partial charge in [0.05, 0.1) is 13.7 Å². The number of carbonyl (C=O) groups is 2. The highest BCUT2D eigenvalue weighted by Crippen LogP contribution is 2.19. The van der Waals surface area contributed by atoms with Crippen LogP contribution >= 0.6 is 11.6 Å². The van der Waals surface area contributed by atoms with Crippen molar-refractivity contribution in [2.24, 2.45) is 0 Å². The zero-order valence-corrected chi connectivity index (χ0v) is 20.7. The van der Waals surface area contributed by atoms with Gasteiger partial charge in [0.2, 0.25) is 11.8 Å². The molecule has 7 heteroatoms. The summed E-state index contributed by atoms with van der Waals surface area (Å²) in [5.41, 5.74) is 0.928. The van der Waals surface area contributed by atoms with Gasteiger partial charge in [0.1, 0.15) is 17.5 Å². The predicted octanol–water partition coefficient (Wildman–Crippen LogP) is 5.23. The second-order valence-corrected chi connectivity index (χ2v) is 8.45. The number of hydrogen-bond donors (Lipinski definition) is 1. The molecule has 2 rings (SSSR count). The van der Waals surface area contributed by atoms with Crippen LogP contribution in [0.3, 0.4) is 0 Å². The number of amides is 2. The summed E-state index contributed by atoms with van der Waals surface area (Å²) < 4.78 is 10.9. The van der Waals surface area contributed by atoms with Crippen LogP contribution in [0.4, 0.5) is 0 Å². The Kier molecular flexibility index (Phi) is 11.0. The van der Waals surface area contributed by atoms with Gasteiger partial charge in [-0.15, -0.1) is 0 Å². The summed E-state index contributed by atoms with van der Waals surface area (Å²) >= 11 is 6.01. The van der Waals surface area contributed by atoms with Gasteiger partial charge in [-0.3, -0.25) is 9.59 Å². The first-order valence-electron chi connectivity index (χ1n) is 11.5. The highest BCUT2D eigenvalue weighted by Gasteiger charge is 2.28. The molecule has 0 spiro atoms. The first-order valence-corrected chi connectivity index (χ1v) is 11.9. The van der Waals surface area contributed by atoms with Crippen LogP contribution in [0.1, 0.15) is 52.0 Å². The molecule has 0 aromatic heterocycles. The Balaban J connectivity index is 2.04. The van der Waals surface area contributed by atoms with E-state index in [-0.39, 0.29) is 24.3 Å². The number of methoxy groups -OCH3 is 1. The largest absolute Gasteiger partial charge is 0.497 e. The number of rotatable bonds is 13. The van der Waals surface area contributed by atoms with Gasteiger partial charge in [0.25, 0.3) is 0 Å². The highest BCUT2D eigenvalue weighted by molar-refractivity contribution is 6.30. The second kappa shape index (κ2) is 13.7. The Morgan fingerprint density at radius 1 is 1.00 bits per heavy atom. The first kappa shape index (κ1) is 26.5. The van der Waals surface area contributed by atoms with Gasteiger partial charge in [-0.1, -0.05) is 37.6 Å². The summed E-state index contributed by atoms with van der Waals surface area (Å²) in [6.45, 7) is 6.66. The van der Waals surface area contributed by atoms with Crippen molar-refractivity contribution in [3.8, 4) is 11.5 Å². The Hall–Kier alpha value is -2.73. The number of hydrogen-bond acceptors (Lipinski definition) is 4. The fourth-order valence-electron chi connectivity index (χ4n) is 3.38. The summed E-state index contributed by atoms with van der Waals surface area (Å²) in [6, 6.07) is 14.2. The van der Waals surface area contributed by atoms with Gasteiger partial charge in [-0.05, 0) is 68.1 Å². The van der Waals surface area contributed by atoms with Gasteiger partial charge in [-0.25, -0.2) is 0 Å². The Bertz CT molecular complexity index is 871. The Morgan fingerprint density at radius 3 is 2.21 bits per heavy atom. The minimum absolute atomic E-state index is 0.0527. The standard InChI is InChI=1S/C26H35ClN2O4/c1-5-19(3)28-26(31)24(6-2)29(18-20-9-11-21(27)12-10-20)25(30)8-7-17-33-23-15-13-22(32-4)14-16-23/h9-16,19,24H,5-8,17-18H2,1-4H3,(H,28,31)/t19-,24-/m1/s1. The number of nitrogens with zero attached hydrogens (tertiary/aromatic N) is 1. The van der Waals surface area contributed by atoms with E-state index in [1.165, 1.54) is 0 Å². The second-order valence-electron chi connectivity index (χ2n) is 8.02. The van der Waals surface area contributed by atoms with Gasteiger partial charge in [-0.2, -0.15) is 0 Å². The van der Waals surface area contributed by atoms with Crippen molar-refractivity contribution in [3.63, 3.8) is 0 Å². The molecule has 0 heterocycles. The van der Waals surface area contributed by atoms with Crippen LogP contribution in [0.2, 0.25) is 5.02 Å². The van der Waals surface area contributed by atoms with Gasteiger partial charge in [0.15, 0.2) is 0 Å². The third-order valence-corrected chi connectivity index (χ3v) is 5.77. The topological polar surface area (TPSA) is 67.9 Å². The van der Waals surface area contributed by atoms with Crippen molar-refractivity contribution in [2.75, 3.05) is 13.7 Å². The fraction of sp³-hybridized carbons (Fsp3) is 0.462. The Morgan fingerprint density at radius 2 is 1.64 bits per heavy atom. The molecular formula is C26H35ClN2O4. The molecule has 0 radical (unpaired) electrons. The van der Waals surface area contributed by atoms with E-state index in [0.717, 1.165) is 23.5 Å². The lowest BCUT2D eigenvalue weighted by molar-refractivity contribution is -0.141. The van der Waals surface area contributed by atoms with E-state index in [0.29, 0.717) is 31.0 Å². The molecule has 1 N–H and O–H groups in total. The fourth-order valence-corrected chi connectivity index (χ4v) is 3.50. The van der Waals surface area contributed by atoms with E-state index in [1.54, 1.807) is 24.1 Å². The van der Waals surface area contributed by atoms with Gasteiger partial charge >= 0.3 is 0 Å². The maximum absolute atomic E-state index is 13.2. The van der Waals surface area contributed by atoms with E-state index in [9.17, 15) is 9.59 Å². The molecule has 33 heavy (non-hydrogen) atoms. The molecular weight excluding hydrogens is 440 g/mol. The molecule has 2 aromatic carbocycles. The number of ether oxygens (including phenoxy) is 2. The smallest absolute Gasteiger partial charge is 0.243 e. The zero-order valence-electron chi connectivity index (χ0n) is 20.0. The lowest BCUT2D eigenvalue weighted by Gasteiger charge is -2.31. The van der Waals surface area contributed by atoms with Gasteiger partial charge in [0, 0.05) is 24.0 Å². The van der Waals surface area contributed by atoms with E-state index in [2.05, 4.69) is 5.32 Å². The van der Waals surface area contributed by atoms with Crippen LogP contribution in [0.25, 0.3) is 0 Å². The van der Waals surface area contributed by atoms with Crippen molar-refractivity contribution >= 4 is 23.4 Å². The summed E-state index contributed by atoms with van der Waals surface area (Å²) in [5, 5.41) is 3.65. The van der Waals surface area contributed by atoms with E-state index >= 15 is 0 Å². The van der Waals surface area contributed by atoms with Crippen LogP contribution in [0.15, 0.2) is 48.5 Å². The average Bonchev–Trinajstić information content (AvgIpc) is 2.83. The normalized spacial score (nSPS) is 12.5. The maximum Gasteiger partial charge on any atom is 0.243 e. The molecule has 0 saturated carbocycles. The molecule has 2 aromatic rings. The van der Waals surface area contributed by atoms with E-state index in [1.807, 2.05) is 57.2 Å². The van der Waals surface area contributed by atoms with Crippen LogP contribution < -0.4 is 14.8 Å². The minimum atomic E-state index is -0.537. The molecule has 180 valence electrons. The summed E-state index contributed by atoms with van der Waals surface area (Å²) in [6.07, 6.45) is 2.20. The molecule has 0 bridgehead atoms. The molecule has 0 aliphatic heterocycles. The van der Waals surface area contributed by atoms with E-state index in [4.69, 9.17) is 21.1 Å². The SMILES string of the molecule is CC[C@@H](C)NC(=O)[C@@H](CC)N(Cc1ccc(Cl)cc1)C(=O)CCCOc1ccc(OC)cc1. The van der Waals surface area contributed by atoms with Crippen molar-refractivity contribution in [1.29, 1.82) is 0 Å². The highest BCUT2D eigenvalue weighted by atomic mass is 35.5. The van der Waals surface area contributed by atoms with Crippen LogP contribution in [0, 0.1) is 0 Å². The van der Waals surface area contributed by atoms with Crippen molar-refractivity contribution in [1.82, 2.24) is 10.2 Å². The number of benzene rings is 2.